The van der Waals surface area contributed by atoms with Crippen LogP contribution in [0.15, 0.2) is 36.4 Å². The number of anilines is 1. The molecule has 0 radical (unpaired) electrons. The summed E-state index contributed by atoms with van der Waals surface area (Å²) in [6.45, 7) is 8.39. The maximum atomic E-state index is 12.5. The molecule has 0 unspecified atom stereocenters. The maximum absolute atomic E-state index is 12.5. The Hall–Kier alpha value is -3.29. The van der Waals surface area contributed by atoms with Gasteiger partial charge >= 0.3 is 12.1 Å². The van der Waals surface area contributed by atoms with Gasteiger partial charge in [-0.3, -0.25) is 4.79 Å². The summed E-state index contributed by atoms with van der Waals surface area (Å²) in [6.07, 6.45) is 0.538. The number of rotatable bonds is 4. The Morgan fingerprint density at radius 3 is 2.16 bits per heavy atom. The van der Waals surface area contributed by atoms with Gasteiger partial charge in [-0.1, -0.05) is 0 Å². The average molecular weight is 442 g/mol. The quantitative estimate of drug-likeness (QED) is 0.720. The second-order valence-electron chi connectivity index (χ2n) is 9.02. The summed E-state index contributed by atoms with van der Waals surface area (Å²) in [7, 11) is 1.83. The van der Waals surface area contributed by atoms with Crippen molar-refractivity contribution < 1.29 is 23.9 Å². The molecule has 0 aliphatic carbocycles. The highest BCUT2D eigenvalue weighted by Gasteiger charge is 2.28. The zero-order chi connectivity index (χ0) is 23.5. The number of hydrogen-bond acceptors (Lipinski definition) is 5. The molecule has 1 aliphatic heterocycles. The van der Waals surface area contributed by atoms with Crippen molar-refractivity contribution in [2.75, 3.05) is 18.4 Å². The topological polar surface area (TPSA) is 89.9 Å². The van der Waals surface area contributed by atoms with Crippen molar-refractivity contribution in [3.8, 4) is 0 Å². The Labute approximate surface area is 188 Å². The van der Waals surface area contributed by atoms with Gasteiger partial charge in [0.15, 0.2) is 0 Å². The fraction of sp³-hybridized carbons (Fsp3) is 0.458. The third-order valence-electron chi connectivity index (χ3n) is 5.35. The lowest BCUT2D eigenvalue weighted by atomic mass is 10.1. The Morgan fingerprint density at radius 1 is 1.00 bits per heavy atom. The first-order valence-electron chi connectivity index (χ1n) is 10.8. The molecular weight excluding hydrogens is 410 g/mol. The predicted octanol–water partition coefficient (Wildman–Crippen LogP) is 4.14. The van der Waals surface area contributed by atoms with Crippen LogP contribution < -0.4 is 5.32 Å². The minimum atomic E-state index is -0.536. The van der Waals surface area contributed by atoms with Gasteiger partial charge in [-0.05, 0) is 64.1 Å². The van der Waals surface area contributed by atoms with Crippen molar-refractivity contribution >= 4 is 23.7 Å². The Balaban J connectivity index is 1.49. The number of amides is 2. The van der Waals surface area contributed by atoms with Crippen LogP contribution in [0, 0.1) is 6.92 Å². The van der Waals surface area contributed by atoms with Crippen LogP contribution in [0.1, 0.15) is 60.2 Å². The van der Waals surface area contributed by atoms with E-state index in [0.29, 0.717) is 42.9 Å². The number of esters is 1. The van der Waals surface area contributed by atoms with Crippen LogP contribution in [0.4, 0.5) is 10.5 Å². The zero-order valence-electron chi connectivity index (χ0n) is 19.3. The molecule has 1 fully saturated rings. The molecule has 32 heavy (non-hydrogen) atoms. The molecule has 2 aromatic rings. The molecule has 1 aromatic carbocycles. The Bertz CT molecular complexity index is 980. The first-order valence-corrected chi connectivity index (χ1v) is 10.8. The average Bonchev–Trinajstić information content (AvgIpc) is 3.06. The zero-order valence-corrected chi connectivity index (χ0v) is 19.3. The Morgan fingerprint density at radius 2 is 1.62 bits per heavy atom. The molecule has 172 valence electrons. The van der Waals surface area contributed by atoms with Gasteiger partial charge < -0.3 is 24.3 Å². The molecule has 1 aliphatic rings. The van der Waals surface area contributed by atoms with E-state index in [1.54, 1.807) is 35.2 Å². The number of aryl methyl sites for hydroxylation is 1. The molecule has 0 saturated carbocycles. The van der Waals surface area contributed by atoms with Gasteiger partial charge in [-0.2, -0.15) is 0 Å². The molecule has 0 spiro atoms. The van der Waals surface area contributed by atoms with Crippen LogP contribution in [0.3, 0.4) is 0 Å². The summed E-state index contributed by atoms with van der Waals surface area (Å²) < 4.78 is 12.8. The van der Waals surface area contributed by atoms with Gasteiger partial charge in [-0.15, -0.1) is 0 Å². The number of likely N-dealkylation sites (tertiary alicyclic amines) is 1. The molecule has 0 atom stereocenters. The van der Waals surface area contributed by atoms with Crippen molar-refractivity contribution in [1.29, 1.82) is 0 Å². The number of carbonyl (C=O) groups is 3. The van der Waals surface area contributed by atoms with Crippen molar-refractivity contribution in [2.45, 2.75) is 52.2 Å². The molecule has 2 amide bonds. The van der Waals surface area contributed by atoms with Crippen LogP contribution in [0.25, 0.3) is 0 Å². The molecule has 1 saturated heterocycles. The number of nitrogens with zero attached hydrogens (tertiary/aromatic N) is 2. The lowest BCUT2D eigenvalue weighted by molar-refractivity contribution is -0.00341. The van der Waals surface area contributed by atoms with Crippen molar-refractivity contribution in [3.05, 3.63) is 53.3 Å². The first kappa shape index (κ1) is 23.4. The minimum absolute atomic E-state index is 0.215. The summed E-state index contributed by atoms with van der Waals surface area (Å²) in [5, 5.41) is 2.83. The molecule has 8 heteroatoms. The molecule has 1 aromatic heterocycles. The summed E-state index contributed by atoms with van der Waals surface area (Å²) in [5.41, 5.74) is 2.02. The molecule has 8 nitrogen and oxygen atoms in total. The van der Waals surface area contributed by atoms with E-state index in [2.05, 4.69) is 5.32 Å². The normalized spacial score (nSPS) is 14.7. The number of benzene rings is 1. The van der Waals surface area contributed by atoms with Crippen molar-refractivity contribution in [1.82, 2.24) is 9.47 Å². The van der Waals surface area contributed by atoms with E-state index < -0.39 is 11.6 Å². The highest BCUT2D eigenvalue weighted by atomic mass is 16.6. The van der Waals surface area contributed by atoms with E-state index in [1.807, 2.05) is 45.4 Å². The van der Waals surface area contributed by atoms with E-state index in [9.17, 15) is 14.4 Å². The minimum Gasteiger partial charge on any atom is -0.459 e. The molecule has 1 N–H and O–H groups in total. The third-order valence-corrected chi connectivity index (χ3v) is 5.35. The SMILES string of the molecule is Cc1ccc(C(=O)Nc2ccc(C(=O)OC3CCN(C(=O)OC(C)(C)C)CC3)cc2)n1C. The predicted molar refractivity (Wildman–Crippen MR) is 121 cm³/mol. The summed E-state index contributed by atoms with van der Waals surface area (Å²) >= 11 is 0. The fourth-order valence-electron chi connectivity index (χ4n) is 3.43. The van der Waals surface area contributed by atoms with Crippen molar-refractivity contribution in [2.24, 2.45) is 7.05 Å². The van der Waals surface area contributed by atoms with E-state index >= 15 is 0 Å². The number of piperidine rings is 1. The number of ether oxygens (including phenoxy) is 2. The number of carbonyl (C=O) groups excluding carboxylic acids is 3. The first-order chi connectivity index (χ1) is 15.0. The van der Waals surface area contributed by atoms with Gasteiger partial charge in [-0.25, -0.2) is 9.59 Å². The fourth-order valence-corrected chi connectivity index (χ4v) is 3.43. The lowest BCUT2D eigenvalue weighted by Crippen LogP contribution is -2.43. The second-order valence-corrected chi connectivity index (χ2v) is 9.02. The largest absolute Gasteiger partial charge is 0.459 e. The molecule has 3 rings (SSSR count). The smallest absolute Gasteiger partial charge is 0.410 e. The van der Waals surface area contributed by atoms with Gasteiger partial charge in [0.05, 0.1) is 5.56 Å². The molecule has 0 bridgehead atoms. The molecule has 2 heterocycles. The van der Waals surface area contributed by atoms with Gasteiger partial charge in [0.25, 0.3) is 5.91 Å². The third kappa shape index (κ3) is 5.90. The van der Waals surface area contributed by atoms with Crippen LogP contribution in [0.2, 0.25) is 0 Å². The highest BCUT2D eigenvalue weighted by Crippen LogP contribution is 2.19. The summed E-state index contributed by atoms with van der Waals surface area (Å²) in [4.78, 5) is 38.7. The van der Waals surface area contributed by atoms with Crippen molar-refractivity contribution in [3.63, 3.8) is 0 Å². The standard InChI is InChI=1S/C24H31N3O5/c1-16-6-11-20(26(16)5)21(28)25-18-9-7-17(8-10-18)22(29)31-19-12-14-27(15-13-19)23(30)32-24(2,3)4/h6-11,19H,12-15H2,1-5H3,(H,25,28). The number of nitrogens with one attached hydrogen (secondary N) is 1. The number of aromatic nitrogens is 1. The Kier molecular flexibility index (Phi) is 6.91. The van der Waals surface area contributed by atoms with E-state index in [0.717, 1.165) is 5.69 Å². The van der Waals surface area contributed by atoms with Crippen LogP contribution in [-0.4, -0.2) is 52.2 Å². The van der Waals surface area contributed by atoms with Crippen LogP contribution in [-0.2, 0) is 16.5 Å². The van der Waals surface area contributed by atoms with Gasteiger partial charge in [0.1, 0.15) is 17.4 Å². The second kappa shape index (κ2) is 9.46. The summed E-state index contributed by atoms with van der Waals surface area (Å²) in [6, 6.07) is 10.3. The van der Waals surface area contributed by atoms with E-state index in [1.165, 1.54) is 0 Å². The van der Waals surface area contributed by atoms with E-state index in [4.69, 9.17) is 9.47 Å². The van der Waals surface area contributed by atoms with Crippen LogP contribution >= 0.6 is 0 Å². The highest BCUT2D eigenvalue weighted by molar-refractivity contribution is 6.03. The van der Waals surface area contributed by atoms with E-state index in [-0.39, 0.29) is 18.1 Å². The van der Waals surface area contributed by atoms with Gasteiger partial charge in [0.2, 0.25) is 0 Å². The van der Waals surface area contributed by atoms with Gasteiger partial charge in [0, 0.05) is 44.4 Å². The number of hydrogen-bond donors (Lipinski definition) is 1. The summed E-state index contributed by atoms with van der Waals surface area (Å²) in [5.74, 6) is -0.635. The lowest BCUT2D eigenvalue weighted by Gasteiger charge is -2.33. The monoisotopic (exact) mass is 441 g/mol. The maximum Gasteiger partial charge on any atom is 0.410 e. The van der Waals surface area contributed by atoms with Crippen LogP contribution in [0.5, 0.6) is 0 Å². The molecular formula is C24H31N3O5.